The van der Waals surface area contributed by atoms with E-state index < -0.39 is 157 Å². The fourth-order valence-electron chi connectivity index (χ4n) is 11.1. The molecule has 0 unspecified atom stereocenters. The highest BCUT2D eigenvalue weighted by atomic mass is 32.2. The molecule has 32 heteroatoms. The van der Waals surface area contributed by atoms with Gasteiger partial charge in [0.2, 0.25) is 76.8 Å². The lowest BCUT2D eigenvalue weighted by atomic mass is 10.0. The first-order chi connectivity index (χ1) is 48.3. The lowest BCUT2D eigenvalue weighted by Crippen LogP contribution is -2.59. The van der Waals surface area contributed by atoms with E-state index in [2.05, 4.69) is 53.2 Å². The normalized spacial score (nSPS) is 15.3. The Morgan fingerprint density at radius 3 is 1.45 bits per heavy atom. The number of hydrogen-bond donors (Lipinski definition) is 16. The van der Waals surface area contributed by atoms with Gasteiger partial charge in [-0.2, -0.15) is 23.5 Å². The van der Waals surface area contributed by atoms with Crippen LogP contribution in [0.15, 0.2) is 84.9 Å². The van der Waals surface area contributed by atoms with E-state index in [1.165, 1.54) is 40.6 Å². The lowest BCUT2D eigenvalue weighted by Gasteiger charge is -2.30. The van der Waals surface area contributed by atoms with Crippen LogP contribution in [0.3, 0.4) is 0 Å². The molecule has 0 aromatic heterocycles. The van der Waals surface area contributed by atoms with Crippen molar-refractivity contribution in [2.24, 2.45) is 34.6 Å². The monoisotopic (exact) mass is 1440 g/mol. The molecule has 3 aromatic carbocycles. The molecule has 1 aliphatic heterocycles. The highest BCUT2D eigenvalue weighted by Gasteiger charge is 2.40. The molecule has 0 bridgehead atoms. The number of likely N-dealkylation sites (tertiary alicyclic amines) is 1. The maximum absolute atomic E-state index is 14.7. The number of nitrogens with two attached hydrogens (primary N) is 5. The molecule has 30 nitrogen and oxygen atoms in total. The van der Waals surface area contributed by atoms with Gasteiger partial charge in [0, 0.05) is 25.8 Å². The molecule has 1 fully saturated rings. The minimum absolute atomic E-state index is 0.00465. The van der Waals surface area contributed by atoms with Crippen LogP contribution in [0.25, 0.3) is 0 Å². The van der Waals surface area contributed by atoms with Crippen LogP contribution in [0.4, 0.5) is 0 Å². The summed E-state index contributed by atoms with van der Waals surface area (Å²) in [5.41, 5.74) is 30.8. The molecule has 1 saturated heterocycles. The Balaban J connectivity index is 1.50. The van der Waals surface area contributed by atoms with Crippen LogP contribution in [0, 0.1) is 5.92 Å². The molecule has 0 aliphatic carbocycles. The summed E-state index contributed by atoms with van der Waals surface area (Å²) >= 11 is 2.79. The predicted molar refractivity (Wildman–Crippen MR) is 385 cm³/mol. The summed E-state index contributed by atoms with van der Waals surface area (Å²) in [7, 11) is 0. The molecule has 21 N–H and O–H groups in total. The van der Waals surface area contributed by atoms with Crippen molar-refractivity contribution in [3.05, 3.63) is 102 Å². The molecule has 13 amide bonds. The van der Waals surface area contributed by atoms with E-state index in [9.17, 15) is 67.4 Å². The molecule has 10 atom stereocenters. The van der Waals surface area contributed by atoms with Crippen molar-refractivity contribution in [1.29, 1.82) is 0 Å². The second kappa shape index (κ2) is 45.8. The average Bonchev–Trinajstić information content (AvgIpc) is 1.65. The first kappa shape index (κ1) is 84.6. The van der Waals surface area contributed by atoms with Gasteiger partial charge in [-0.05, 0) is 155 Å². The number of aromatic hydroxyl groups is 1. The Morgan fingerprint density at radius 1 is 0.495 bits per heavy atom. The van der Waals surface area contributed by atoms with Crippen molar-refractivity contribution < 1.29 is 67.4 Å². The summed E-state index contributed by atoms with van der Waals surface area (Å²) in [6.07, 6.45) is 5.95. The number of primary amides is 2. The molecule has 556 valence electrons. The third-order valence-corrected chi connectivity index (χ3v) is 17.9. The fraction of sp³-hybridized carbons (Fsp3) is 0.551. The van der Waals surface area contributed by atoms with Gasteiger partial charge in [0.1, 0.15) is 60.1 Å². The van der Waals surface area contributed by atoms with E-state index in [0.29, 0.717) is 66.8 Å². The van der Waals surface area contributed by atoms with Crippen molar-refractivity contribution in [3.63, 3.8) is 0 Å². The predicted octanol–water partition coefficient (Wildman–Crippen LogP) is -1.59. The number of nitrogens with zero attached hydrogens (tertiary/aromatic N) is 1. The summed E-state index contributed by atoms with van der Waals surface area (Å²) in [5.74, 6) is -9.06. The summed E-state index contributed by atoms with van der Waals surface area (Å²) in [5, 5.41) is 36.2. The summed E-state index contributed by atoms with van der Waals surface area (Å²) < 4.78 is 0. The van der Waals surface area contributed by atoms with Crippen molar-refractivity contribution >= 4 is 100 Å². The van der Waals surface area contributed by atoms with Gasteiger partial charge in [-0.1, -0.05) is 86.6 Å². The van der Waals surface area contributed by atoms with Crippen molar-refractivity contribution in [1.82, 2.24) is 58.1 Å². The van der Waals surface area contributed by atoms with E-state index in [1.807, 2.05) is 20.1 Å². The van der Waals surface area contributed by atoms with Crippen LogP contribution in [-0.4, -0.2) is 204 Å². The standard InChI is InChI=1S/C69H104N16O14S2/c1-42(2)36-53(66(96)79-48(60(74)90)29-34-100-3)78-59(89)41-76-63(93)54(38-43-16-7-5-8-17-43)83-67(97)55(39-44-18-9-6-10-19-44)84-64(94)50(27-28-57(73)87)80-65(95)51(30-35-101-4)77-58(88)40-75-62(92)49(20-11-13-31-70)81-68(98)56-22-15-33-85(56)69(99)52(21-12-14-32-71)82-61(91)47(72)37-45-23-25-46(86)26-24-45/h5-10,16-19,23-26,42,47-56,86H,11-15,20-22,27-41,70-72H2,1-4H3,(H2,73,87)(H2,74,90)(H,75,92)(H,76,93)(H,77,88)(H,78,89)(H,79,96)(H,80,95)(H,81,98)(H,82,91)(H,83,97)(H,84,94)/t47-,48-,49-,50-,51-,52-,53-,54-,55-,56-/m0/s1. The van der Waals surface area contributed by atoms with E-state index >= 15 is 0 Å². The topological polar surface area (TPSA) is 496 Å². The summed E-state index contributed by atoms with van der Waals surface area (Å²) in [4.78, 5) is 180. The molecule has 101 heavy (non-hydrogen) atoms. The van der Waals surface area contributed by atoms with Crippen LogP contribution >= 0.6 is 23.5 Å². The third-order valence-electron chi connectivity index (χ3n) is 16.6. The number of phenols is 1. The smallest absolute Gasteiger partial charge is 0.245 e. The fourth-order valence-corrected chi connectivity index (χ4v) is 12.0. The second-order valence-corrected chi connectivity index (χ2v) is 27.2. The largest absolute Gasteiger partial charge is 0.508 e. The Hall–Kier alpha value is -8.85. The number of carbonyl (C=O) groups excluding carboxylic acids is 13. The van der Waals surface area contributed by atoms with E-state index in [-0.39, 0.29) is 89.0 Å². The molecule has 0 radical (unpaired) electrons. The third kappa shape index (κ3) is 31.3. The number of thioether (sulfide) groups is 2. The minimum atomic E-state index is -1.56. The summed E-state index contributed by atoms with van der Waals surface area (Å²) in [6.45, 7) is 3.12. The van der Waals surface area contributed by atoms with Crippen LogP contribution in [0.1, 0.15) is 114 Å². The number of phenolic OH excluding ortho intramolecular Hbond substituents is 1. The quantitative estimate of drug-likeness (QED) is 0.0284. The Bertz CT molecular complexity index is 3200. The number of hydrogen-bond acceptors (Lipinski definition) is 19. The number of benzene rings is 3. The Labute approximate surface area is 598 Å². The average molecular weight is 1450 g/mol. The van der Waals surface area contributed by atoms with E-state index in [1.54, 1.807) is 79.1 Å². The van der Waals surface area contributed by atoms with Gasteiger partial charge in [0.25, 0.3) is 0 Å². The zero-order valence-corrected chi connectivity index (χ0v) is 59.7. The number of rotatable bonds is 47. The molecule has 1 aliphatic rings. The van der Waals surface area contributed by atoms with Gasteiger partial charge in [0.15, 0.2) is 0 Å². The van der Waals surface area contributed by atoms with E-state index in [0.717, 1.165) is 0 Å². The Kier molecular flexibility index (Phi) is 38.4. The zero-order valence-electron chi connectivity index (χ0n) is 58.1. The van der Waals surface area contributed by atoms with E-state index in [4.69, 9.17) is 28.7 Å². The first-order valence-electron chi connectivity index (χ1n) is 34.1. The number of nitrogens with one attached hydrogen (secondary N) is 10. The highest BCUT2D eigenvalue weighted by Crippen LogP contribution is 2.22. The van der Waals surface area contributed by atoms with Gasteiger partial charge < -0.3 is 91.8 Å². The minimum Gasteiger partial charge on any atom is -0.508 e. The summed E-state index contributed by atoms with van der Waals surface area (Å²) in [6, 6.07) is 11.2. The van der Waals surface area contributed by atoms with Gasteiger partial charge in [0.05, 0.1) is 19.1 Å². The molecular weight excluding hydrogens is 1340 g/mol. The molecule has 3 aromatic rings. The van der Waals surface area contributed by atoms with Gasteiger partial charge in [-0.3, -0.25) is 62.3 Å². The van der Waals surface area contributed by atoms with Gasteiger partial charge >= 0.3 is 0 Å². The van der Waals surface area contributed by atoms with Crippen molar-refractivity contribution in [2.75, 3.05) is 56.7 Å². The molecule has 1 heterocycles. The molecular formula is C69H104N16O14S2. The lowest BCUT2D eigenvalue weighted by molar-refractivity contribution is -0.142. The second-order valence-electron chi connectivity index (χ2n) is 25.3. The first-order valence-corrected chi connectivity index (χ1v) is 36.9. The van der Waals surface area contributed by atoms with Crippen LogP contribution in [0.2, 0.25) is 0 Å². The number of unbranched alkanes of at least 4 members (excludes halogenated alkanes) is 2. The maximum atomic E-state index is 14.7. The number of carbonyl (C=O) groups is 13. The van der Waals surface area contributed by atoms with Crippen molar-refractivity contribution in [3.8, 4) is 5.75 Å². The SMILES string of the molecule is CSCC[C@H](NC(=O)[C@H](CC(C)C)NC(=O)CNC(=O)[C@H](Cc1ccccc1)NC(=O)[C@H](Cc1ccccc1)NC(=O)[C@H](CCC(N)=O)NC(=O)[C@H](CCSC)NC(=O)CNC(=O)[C@H](CCCCN)NC(=O)[C@@H]1CCCN1C(=O)[C@H](CCCCN)NC(=O)[C@@H](N)Cc1ccc(O)cc1)C(N)=O. The maximum Gasteiger partial charge on any atom is 0.245 e. The van der Waals surface area contributed by atoms with Gasteiger partial charge in [-0.25, -0.2) is 0 Å². The molecule has 0 spiro atoms. The highest BCUT2D eigenvalue weighted by molar-refractivity contribution is 7.98. The molecule has 4 rings (SSSR count). The van der Waals surface area contributed by atoms with Crippen LogP contribution < -0.4 is 81.8 Å². The number of amides is 13. The van der Waals surface area contributed by atoms with Crippen LogP contribution in [0.5, 0.6) is 5.75 Å². The van der Waals surface area contributed by atoms with Gasteiger partial charge in [-0.15, -0.1) is 0 Å². The molecule has 0 saturated carbocycles. The Morgan fingerprint density at radius 2 is 0.931 bits per heavy atom. The van der Waals surface area contributed by atoms with Crippen molar-refractivity contribution in [2.45, 2.75) is 177 Å². The van der Waals surface area contributed by atoms with Crippen LogP contribution in [-0.2, 0) is 81.6 Å². The zero-order chi connectivity index (χ0) is 74.4.